The fourth-order valence-corrected chi connectivity index (χ4v) is 1.67. The minimum absolute atomic E-state index is 0.575. The number of anilines is 1. The number of methoxy groups -OCH3 is 2. The summed E-state index contributed by atoms with van der Waals surface area (Å²) in [5.74, 6) is 1.97. The Morgan fingerprint density at radius 3 is 2.47 bits per heavy atom. The molecule has 0 bridgehead atoms. The molecule has 0 saturated carbocycles. The molecule has 5 heteroatoms. The van der Waals surface area contributed by atoms with Crippen LogP contribution in [0.1, 0.15) is 5.69 Å². The first-order chi connectivity index (χ1) is 8.15. The van der Waals surface area contributed by atoms with Crippen LogP contribution in [0.5, 0.6) is 11.5 Å². The number of rotatable bonds is 3. The van der Waals surface area contributed by atoms with Crippen molar-refractivity contribution in [1.82, 2.24) is 9.78 Å². The van der Waals surface area contributed by atoms with Crippen LogP contribution < -0.4 is 15.2 Å². The molecule has 2 N–H and O–H groups in total. The fourth-order valence-electron chi connectivity index (χ4n) is 1.67. The van der Waals surface area contributed by atoms with E-state index < -0.39 is 0 Å². The summed E-state index contributed by atoms with van der Waals surface area (Å²) in [6, 6.07) is 7.31. The smallest absolute Gasteiger partial charge is 0.148 e. The molecule has 17 heavy (non-hydrogen) atoms. The van der Waals surface area contributed by atoms with Gasteiger partial charge in [-0.05, 0) is 19.1 Å². The van der Waals surface area contributed by atoms with Crippen molar-refractivity contribution >= 4 is 5.82 Å². The molecule has 1 aromatic heterocycles. The Kier molecular flexibility index (Phi) is 2.91. The van der Waals surface area contributed by atoms with Gasteiger partial charge in [-0.2, -0.15) is 5.10 Å². The highest BCUT2D eigenvalue weighted by Crippen LogP contribution is 2.29. The Morgan fingerprint density at radius 1 is 1.18 bits per heavy atom. The van der Waals surface area contributed by atoms with Gasteiger partial charge in [-0.3, -0.25) is 0 Å². The van der Waals surface area contributed by atoms with Gasteiger partial charge < -0.3 is 15.2 Å². The molecule has 0 aliphatic rings. The Bertz CT molecular complexity index is 535. The summed E-state index contributed by atoms with van der Waals surface area (Å²) in [5, 5.41) is 4.32. The highest BCUT2D eigenvalue weighted by atomic mass is 16.5. The predicted molar refractivity (Wildman–Crippen MR) is 65.8 cm³/mol. The van der Waals surface area contributed by atoms with Crippen LogP contribution in [0.15, 0.2) is 24.3 Å². The molecule has 0 aliphatic carbocycles. The second-order valence-corrected chi connectivity index (χ2v) is 3.66. The second kappa shape index (κ2) is 4.37. The molecule has 0 atom stereocenters. The van der Waals surface area contributed by atoms with Gasteiger partial charge in [-0.15, -0.1) is 0 Å². The molecule has 0 fully saturated rings. The highest BCUT2D eigenvalue weighted by molar-refractivity contribution is 5.54. The van der Waals surface area contributed by atoms with Crippen LogP contribution in [-0.4, -0.2) is 24.0 Å². The molecule has 0 unspecified atom stereocenters. The van der Waals surface area contributed by atoms with Crippen LogP contribution in [0.3, 0.4) is 0 Å². The van der Waals surface area contributed by atoms with E-state index in [1.165, 1.54) is 0 Å². The van der Waals surface area contributed by atoms with Crippen molar-refractivity contribution in [2.24, 2.45) is 0 Å². The average molecular weight is 233 g/mol. The number of benzene rings is 1. The first-order valence-electron chi connectivity index (χ1n) is 5.20. The molecular weight excluding hydrogens is 218 g/mol. The van der Waals surface area contributed by atoms with Crippen molar-refractivity contribution in [2.75, 3.05) is 20.0 Å². The van der Waals surface area contributed by atoms with E-state index in [4.69, 9.17) is 15.2 Å². The van der Waals surface area contributed by atoms with Crippen molar-refractivity contribution in [3.8, 4) is 17.2 Å². The zero-order valence-electron chi connectivity index (χ0n) is 10.1. The van der Waals surface area contributed by atoms with Gasteiger partial charge in [0.25, 0.3) is 0 Å². The lowest BCUT2D eigenvalue weighted by molar-refractivity contribution is 0.392. The minimum Gasteiger partial charge on any atom is -0.497 e. The average Bonchev–Trinajstić information content (AvgIpc) is 2.67. The normalized spacial score (nSPS) is 10.3. The summed E-state index contributed by atoms with van der Waals surface area (Å²) in [6.07, 6.45) is 0. The van der Waals surface area contributed by atoms with Gasteiger partial charge in [0.15, 0.2) is 0 Å². The first-order valence-corrected chi connectivity index (χ1v) is 5.20. The number of hydrogen-bond donors (Lipinski definition) is 1. The fraction of sp³-hybridized carbons (Fsp3) is 0.250. The highest BCUT2D eigenvalue weighted by Gasteiger charge is 2.11. The molecule has 0 amide bonds. The third-order valence-electron chi connectivity index (χ3n) is 2.47. The maximum atomic E-state index is 5.88. The largest absolute Gasteiger partial charge is 0.497 e. The van der Waals surface area contributed by atoms with E-state index in [-0.39, 0.29) is 0 Å². The Morgan fingerprint density at radius 2 is 1.94 bits per heavy atom. The standard InChI is InChI=1S/C12H15N3O2/c1-8-6-12(13)15(14-8)10-5-4-9(16-2)7-11(10)17-3/h4-7H,13H2,1-3H3. The summed E-state index contributed by atoms with van der Waals surface area (Å²) in [6.45, 7) is 1.89. The van der Waals surface area contributed by atoms with Crippen LogP contribution in [0.2, 0.25) is 0 Å². The van der Waals surface area contributed by atoms with Crippen LogP contribution in [0.4, 0.5) is 5.82 Å². The number of ether oxygens (including phenoxy) is 2. The van der Waals surface area contributed by atoms with E-state index in [0.717, 1.165) is 17.1 Å². The van der Waals surface area contributed by atoms with E-state index in [0.29, 0.717) is 11.6 Å². The molecule has 0 spiro atoms. The molecule has 90 valence electrons. The first kappa shape index (κ1) is 11.3. The Labute approximate surface area is 99.8 Å². The lowest BCUT2D eigenvalue weighted by atomic mass is 10.2. The molecule has 0 saturated heterocycles. The molecule has 2 aromatic rings. The molecular formula is C12H15N3O2. The van der Waals surface area contributed by atoms with Crippen LogP contribution in [-0.2, 0) is 0 Å². The summed E-state index contributed by atoms with van der Waals surface area (Å²) in [7, 11) is 3.21. The Hall–Kier alpha value is -2.17. The molecule has 1 aromatic carbocycles. The number of aryl methyl sites for hydroxylation is 1. The number of hydrogen-bond acceptors (Lipinski definition) is 4. The SMILES string of the molecule is COc1ccc(-n2nc(C)cc2N)c(OC)c1. The summed E-state index contributed by atoms with van der Waals surface area (Å²) in [4.78, 5) is 0. The van der Waals surface area contributed by atoms with Crippen molar-refractivity contribution in [1.29, 1.82) is 0 Å². The van der Waals surface area contributed by atoms with E-state index in [2.05, 4.69) is 5.10 Å². The second-order valence-electron chi connectivity index (χ2n) is 3.66. The van der Waals surface area contributed by atoms with Gasteiger partial charge in [-0.25, -0.2) is 4.68 Å². The van der Waals surface area contributed by atoms with E-state index >= 15 is 0 Å². The Balaban J connectivity index is 2.55. The molecule has 0 aliphatic heterocycles. The third-order valence-corrected chi connectivity index (χ3v) is 2.47. The molecule has 1 heterocycles. The zero-order chi connectivity index (χ0) is 12.4. The van der Waals surface area contributed by atoms with Crippen LogP contribution >= 0.6 is 0 Å². The molecule has 2 rings (SSSR count). The molecule has 5 nitrogen and oxygen atoms in total. The van der Waals surface area contributed by atoms with E-state index in [1.807, 2.05) is 25.1 Å². The van der Waals surface area contributed by atoms with Gasteiger partial charge >= 0.3 is 0 Å². The van der Waals surface area contributed by atoms with Gasteiger partial charge in [-0.1, -0.05) is 0 Å². The number of nitrogen functional groups attached to an aromatic ring is 1. The summed E-state index contributed by atoms with van der Waals surface area (Å²) >= 11 is 0. The lowest BCUT2D eigenvalue weighted by Crippen LogP contribution is -2.04. The maximum absolute atomic E-state index is 5.88. The van der Waals surface area contributed by atoms with Crippen molar-refractivity contribution in [2.45, 2.75) is 6.92 Å². The number of aromatic nitrogens is 2. The maximum Gasteiger partial charge on any atom is 0.148 e. The lowest BCUT2D eigenvalue weighted by Gasteiger charge is -2.11. The van der Waals surface area contributed by atoms with Gasteiger partial charge in [0.1, 0.15) is 23.0 Å². The van der Waals surface area contributed by atoms with Crippen molar-refractivity contribution < 1.29 is 9.47 Å². The van der Waals surface area contributed by atoms with E-state index in [9.17, 15) is 0 Å². The van der Waals surface area contributed by atoms with Crippen LogP contribution in [0.25, 0.3) is 5.69 Å². The third kappa shape index (κ3) is 2.04. The summed E-state index contributed by atoms with van der Waals surface area (Å²) in [5.41, 5.74) is 7.53. The zero-order valence-corrected chi connectivity index (χ0v) is 10.1. The number of nitrogens with two attached hydrogens (primary N) is 1. The van der Waals surface area contributed by atoms with E-state index in [1.54, 1.807) is 25.0 Å². The van der Waals surface area contributed by atoms with Crippen molar-refractivity contribution in [3.63, 3.8) is 0 Å². The monoisotopic (exact) mass is 233 g/mol. The number of nitrogens with zero attached hydrogens (tertiary/aromatic N) is 2. The minimum atomic E-state index is 0.575. The topological polar surface area (TPSA) is 62.3 Å². The summed E-state index contributed by atoms with van der Waals surface area (Å²) < 4.78 is 12.1. The predicted octanol–water partition coefficient (Wildman–Crippen LogP) is 1.78. The quantitative estimate of drug-likeness (QED) is 0.877. The van der Waals surface area contributed by atoms with Gasteiger partial charge in [0.2, 0.25) is 0 Å². The molecule has 0 radical (unpaired) electrons. The van der Waals surface area contributed by atoms with Gasteiger partial charge in [0.05, 0.1) is 19.9 Å². The van der Waals surface area contributed by atoms with Gasteiger partial charge in [0, 0.05) is 12.1 Å². The van der Waals surface area contributed by atoms with Crippen LogP contribution in [0, 0.1) is 6.92 Å². The van der Waals surface area contributed by atoms with Crippen molar-refractivity contribution in [3.05, 3.63) is 30.0 Å².